The summed E-state index contributed by atoms with van der Waals surface area (Å²) in [7, 11) is 0. The standard InChI is InChI=1S/C15H12O3/c1-2-11-7-8-13(17-11)15(16)14-9-10-5-3-4-6-12(10)18-14/h3-9H,2H2,1H3. The third-order valence-electron chi connectivity index (χ3n) is 2.88. The van der Waals surface area contributed by atoms with Gasteiger partial charge in [0.15, 0.2) is 11.5 Å². The zero-order valence-corrected chi connectivity index (χ0v) is 9.97. The zero-order valence-electron chi connectivity index (χ0n) is 9.97. The quantitative estimate of drug-likeness (QED) is 0.653. The molecule has 3 heteroatoms. The van der Waals surface area contributed by atoms with Gasteiger partial charge in [-0.25, -0.2) is 0 Å². The lowest BCUT2D eigenvalue weighted by Gasteiger charge is -1.92. The van der Waals surface area contributed by atoms with E-state index >= 15 is 0 Å². The van der Waals surface area contributed by atoms with Crippen LogP contribution in [0.1, 0.15) is 29.0 Å². The van der Waals surface area contributed by atoms with Crippen LogP contribution >= 0.6 is 0 Å². The molecule has 1 aromatic carbocycles. The Kier molecular flexibility index (Phi) is 2.52. The first-order chi connectivity index (χ1) is 8.78. The average molecular weight is 240 g/mol. The summed E-state index contributed by atoms with van der Waals surface area (Å²) in [6.45, 7) is 1.98. The molecule has 0 fully saturated rings. The largest absolute Gasteiger partial charge is 0.457 e. The van der Waals surface area contributed by atoms with E-state index in [2.05, 4.69) is 0 Å². The van der Waals surface area contributed by atoms with Crippen molar-refractivity contribution in [3.63, 3.8) is 0 Å². The Morgan fingerprint density at radius 3 is 2.61 bits per heavy atom. The van der Waals surface area contributed by atoms with Crippen LogP contribution in [-0.2, 0) is 6.42 Å². The fraction of sp³-hybridized carbons (Fsp3) is 0.133. The van der Waals surface area contributed by atoms with Crippen LogP contribution in [0, 0.1) is 0 Å². The van der Waals surface area contributed by atoms with Gasteiger partial charge in [0, 0.05) is 11.8 Å². The van der Waals surface area contributed by atoms with E-state index in [4.69, 9.17) is 8.83 Å². The summed E-state index contributed by atoms with van der Waals surface area (Å²) >= 11 is 0. The van der Waals surface area contributed by atoms with Gasteiger partial charge in [0.1, 0.15) is 11.3 Å². The molecule has 0 N–H and O–H groups in total. The van der Waals surface area contributed by atoms with Crippen LogP contribution in [0.5, 0.6) is 0 Å². The first-order valence-corrected chi connectivity index (χ1v) is 5.90. The summed E-state index contributed by atoms with van der Waals surface area (Å²) < 4.78 is 11.0. The number of hydrogen-bond donors (Lipinski definition) is 0. The minimum atomic E-state index is -0.217. The molecule has 0 aliphatic heterocycles. The van der Waals surface area contributed by atoms with Gasteiger partial charge >= 0.3 is 0 Å². The van der Waals surface area contributed by atoms with Crippen LogP contribution in [0.3, 0.4) is 0 Å². The first-order valence-electron chi connectivity index (χ1n) is 5.90. The minimum Gasteiger partial charge on any atom is -0.457 e. The smallest absolute Gasteiger partial charge is 0.263 e. The average Bonchev–Trinajstić information content (AvgIpc) is 3.04. The number of para-hydroxylation sites is 1. The van der Waals surface area contributed by atoms with Gasteiger partial charge in [0.2, 0.25) is 0 Å². The van der Waals surface area contributed by atoms with E-state index in [0.717, 1.165) is 17.6 Å². The number of furan rings is 2. The van der Waals surface area contributed by atoms with Crippen LogP contribution in [-0.4, -0.2) is 5.78 Å². The highest BCUT2D eigenvalue weighted by Crippen LogP contribution is 2.22. The molecule has 18 heavy (non-hydrogen) atoms. The normalized spacial score (nSPS) is 10.9. The highest BCUT2D eigenvalue weighted by atomic mass is 16.4. The topological polar surface area (TPSA) is 43.4 Å². The summed E-state index contributed by atoms with van der Waals surface area (Å²) in [6.07, 6.45) is 0.771. The van der Waals surface area contributed by atoms with Crippen molar-refractivity contribution in [3.05, 3.63) is 59.7 Å². The lowest BCUT2D eigenvalue weighted by atomic mass is 10.2. The van der Waals surface area contributed by atoms with E-state index < -0.39 is 0 Å². The van der Waals surface area contributed by atoms with Gasteiger partial charge in [-0.2, -0.15) is 0 Å². The van der Waals surface area contributed by atoms with Crippen molar-refractivity contribution in [3.8, 4) is 0 Å². The summed E-state index contributed by atoms with van der Waals surface area (Å²) in [5.74, 6) is 1.22. The Hall–Kier alpha value is -2.29. The summed E-state index contributed by atoms with van der Waals surface area (Å²) in [5.41, 5.74) is 0.711. The first kappa shape index (κ1) is 10.8. The van der Waals surface area contributed by atoms with E-state index in [9.17, 15) is 4.79 Å². The van der Waals surface area contributed by atoms with Crippen LogP contribution in [0.4, 0.5) is 0 Å². The highest BCUT2D eigenvalue weighted by molar-refractivity contribution is 6.07. The molecule has 0 radical (unpaired) electrons. The van der Waals surface area contributed by atoms with Crippen LogP contribution < -0.4 is 0 Å². The maximum Gasteiger partial charge on any atom is 0.263 e. The van der Waals surface area contributed by atoms with E-state index in [1.807, 2.05) is 37.3 Å². The number of rotatable bonds is 3. The highest BCUT2D eigenvalue weighted by Gasteiger charge is 2.17. The van der Waals surface area contributed by atoms with Crippen molar-refractivity contribution in [2.75, 3.05) is 0 Å². The van der Waals surface area contributed by atoms with Gasteiger partial charge in [-0.3, -0.25) is 4.79 Å². The molecule has 90 valence electrons. The summed E-state index contributed by atoms with van der Waals surface area (Å²) in [6, 6.07) is 12.8. The van der Waals surface area contributed by atoms with Gasteiger partial charge in [0.25, 0.3) is 5.78 Å². The van der Waals surface area contributed by atoms with Gasteiger partial charge < -0.3 is 8.83 Å². The molecule has 0 aliphatic rings. The van der Waals surface area contributed by atoms with Gasteiger partial charge in [-0.05, 0) is 24.3 Å². The van der Waals surface area contributed by atoms with Crippen LogP contribution in [0.15, 0.2) is 51.3 Å². The molecule has 3 rings (SSSR count). The molecule has 2 heterocycles. The molecule has 3 nitrogen and oxygen atoms in total. The number of carbonyl (C=O) groups excluding carboxylic acids is 1. The Morgan fingerprint density at radius 2 is 1.89 bits per heavy atom. The second kappa shape index (κ2) is 4.18. The zero-order chi connectivity index (χ0) is 12.5. The van der Waals surface area contributed by atoms with E-state index in [1.165, 1.54) is 0 Å². The summed E-state index contributed by atoms with van der Waals surface area (Å²) in [5, 5.41) is 0.920. The number of carbonyl (C=O) groups is 1. The Bertz CT molecular complexity index is 670. The molecule has 2 aromatic heterocycles. The fourth-order valence-corrected chi connectivity index (χ4v) is 1.91. The van der Waals surface area contributed by atoms with Crippen molar-refractivity contribution < 1.29 is 13.6 Å². The Morgan fingerprint density at radius 1 is 1.06 bits per heavy atom. The fourth-order valence-electron chi connectivity index (χ4n) is 1.91. The predicted molar refractivity (Wildman–Crippen MR) is 67.7 cm³/mol. The third-order valence-corrected chi connectivity index (χ3v) is 2.88. The molecular weight excluding hydrogens is 228 g/mol. The van der Waals surface area contributed by atoms with Gasteiger partial charge in [-0.1, -0.05) is 25.1 Å². The second-order valence-electron chi connectivity index (χ2n) is 4.10. The van der Waals surface area contributed by atoms with E-state index in [-0.39, 0.29) is 5.78 Å². The summed E-state index contributed by atoms with van der Waals surface area (Å²) in [4.78, 5) is 12.2. The molecule has 3 aromatic rings. The number of fused-ring (bicyclic) bond motifs is 1. The third kappa shape index (κ3) is 1.74. The van der Waals surface area contributed by atoms with Crippen molar-refractivity contribution in [2.45, 2.75) is 13.3 Å². The number of hydrogen-bond acceptors (Lipinski definition) is 3. The van der Waals surface area contributed by atoms with E-state index in [0.29, 0.717) is 17.1 Å². The van der Waals surface area contributed by atoms with Crippen LogP contribution in [0.2, 0.25) is 0 Å². The van der Waals surface area contributed by atoms with E-state index in [1.54, 1.807) is 12.1 Å². The lowest BCUT2D eigenvalue weighted by Crippen LogP contribution is -1.96. The van der Waals surface area contributed by atoms with Gasteiger partial charge in [0.05, 0.1) is 0 Å². The molecule has 0 atom stereocenters. The molecule has 0 amide bonds. The maximum absolute atomic E-state index is 12.2. The second-order valence-corrected chi connectivity index (χ2v) is 4.10. The van der Waals surface area contributed by atoms with Gasteiger partial charge in [-0.15, -0.1) is 0 Å². The molecule has 0 saturated heterocycles. The number of aryl methyl sites for hydroxylation is 1. The molecule has 0 aliphatic carbocycles. The molecule has 0 saturated carbocycles. The predicted octanol–water partition coefficient (Wildman–Crippen LogP) is 3.82. The molecule has 0 bridgehead atoms. The molecular formula is C15H12O3. The molecule has 0 spiro atoms. The van der Waals surface area contributed by atoms with Crippen LogP contribution in [0.25, 0.3) is 11.0 Å². The van der Waals surface area contributed by atoms with Crippen molar-refractivity contribution in [1.82, 2.24) is 0 Å². The minimum absolute atomic E-state index is 0.217. The SMILES string of the molecule is CCc1ccc(C(=O)c2cc3ccccc3o2)o1. The van der Waals surface area contributed by atoms with Crippen molar-refractivity contribution in [1.29, 1.82) is 0 Å². The number of ketones is 1. The maximum atomic E-state index is 12.2. The Labute approximate surface area is 104 Å². The number of benzene rings is 1. The van der Waals surface area contributed by atoms with Crippen molar-refractivity contribution >= 4 is 16.8 Å². The molecule has 0 unspecified atom stereocenters. The Balaban J connectivity index is 2.00. The lowest BCUT2D eigenvalue weighted by molar-refractivity contribution is 0.0983. The monoisotopic (exact) mass is 240 g/mol. The van der Waals surface area contributed by atoms with Crippen molar-refractivity contribution in [2.24, 2.45) is 0 Å².